The summed E-state index contributed by atoms with van der Waals surface area (Å²) < 4.78 is 28.2. The van der Waals surface area contributed by atoms with Crippen LogP contribution in [0.1, 0.15) is 30.1 Å². The van der Waals surface area contributed by atoms with Gasteiger partial charge in [-0.3, -0.25) is 0 Å². The van der Waals surface area contributed by atoms with Crippen LogP contribution in [-0.4, -0.2) is 11.7 Å². The molecule has 82 valence electrons. The highest BCUT2D eigenvalue weighted by Gasteiger charge is 2.18. The standard InChI is InChI=1S/C11H12F2O2/c12-11(13)15-8-4-5-9-7(6-8)2-1-3-10(9)14/h4-6,10-11,14H,1-3H2. The quantitative estimate of drug-likeness (QED) is 0.820. The molecular formula is C11H12F2O2. The minimum absolute atomic E-state index is 0.165. The lowest BCUT2D eigenvalue weighted by Crippen LogP contribution is -2.10. The third kappa shape index (κ3) is 2.26. The first-order chi connectivity index (χ1) is 7.16. The molecule has 0 fully saturated rings. The first kappa shape index (κ1) is 10.4. The summed E-state index contributed by atoms with van der Waals surface area (Å²) in [5.41, 5.74) is 1.75. The minimum atomic E-state index is -2.79. The van der Waals surface area contributed by atoms with Gasteiger partial charge in [-0.15, -0.1) is 0 Å². The average Bonchev–Trinajstić information content (AvgIpc) is 2.17. The topological polar surface area (TPSA) is 29.5 Å². The highest BCUT2D eigenvalue weighted by atomic mass is 19.3. The van der Waals surface area contributed by atoms with E-state index in [1.807, 2.05) is 0 Å². The number of aliphatic hydroxyl groups excluding tert-OH is 1. The number of hydrogen-bond donors (Lipinski definition) is 1. The average molecular weight is 214 g/mol. The van der Waals surface area contributed by atoms with Crippen molar-refractivity contribution in [1.29, 1.82) is 0 Å². The molecule has 2 nitrogen and oxygen atoms in total. The molecule has 0 saturated heterocycles. The summed E-state index contributed by atoms with van der Waals surface area (Å²) in [5.74, 6) is 0.165. The van der Waals surface area contributed by atoms with Crippen molar-refractivity contribution in [1.82, 2.24) is 0 Å². The Morgan fingerprint density at radius 2 is 2.20 bits per heavy atom. The zero-order valence-corrected chi connectivity index (χ0v) is 8.12. The molecule has 1 unspecified atom stereocenters. The van der Waals surface area contributed by atoms with Gasteiger partial charge in [0.1, 0.15) is 5.75 Å². The molecule has 1 aromatic rings. The van der Waals surface area contributed by atoms with Crippen LogP contribution < -0.4 is 4.74 Å². The second kappa shape index (κ2) is 4.14. The molecule has 1 N–H and O–H groups in total. The fourth-order valence-corrected chi connectivity index (χ4v) is 1.94. The van der Waals surface area contributed by atoms with E-state index >= 15 is 0 Å². The Morgan fingerprint density at radius 1 is 1.40 bits per heavy atom. The van der Waals surface area contributed by atoms with E-state index in [2.05, 4.69) is 4.74 Å². The Morgan fingerprint density at radius 3 is 2.93 bits per heavy atom. The Balaban J connectivity index is 2.25. The van der Waals surface area contributed by atoms with Gasteiger partial charge in [0.05, 0.1) is 6.10 Å². The Kier molecular flexibility index (Phi) is 2.86. The largest absolute Gasteiger partial charge is 0.435 e. The third-order valence-electron chi connectivity index (χ3n) is 2.62. The summed E-state index contributed by atoms with van der Waals surface area (Å²) in [5, 5.41) is 9.65. The van der Waals surface area contributed by atoms with Crippen molar-refractivity contribution in [2.24, 2.45) is 0 Å². The molecule has 0 amide bonds. The fraction of sp³-hybridized carbons (Fsp3) is 0.455. The SMILES string of the molecule is OC1CCCc2cc(OC(F)F)ccc21. The van der Waals surface area contributed by atoms with E-state index in [-0.39, 0.29) is 5.75 Å². The molecule has 0 aromatic heterocycles. The monoisotopic (exact) mass is 214 g/mol. The molecule has 0 heterocycles. The zero-order valence-electron chi connectivity index (χ0n) is 8.12. The van der Waals surface area contributed by atoms with Crippen molar-refractivity contribution < 1.29 is 18.6 Å². The number of aliphatic hydroxyl groups is 1. The molecule has 1 aliphatic rings. The van der Waals surface area contributed by atoms with Crippen LogP contribution in [0.2, 0.25) is 0 Å². The van der Waals surface area contributed by atoms with Gasteiger partial charge in [0.25, 0.3) is 0 Å². The number of fused-ring (bicyclic) bond motifs is 1. The number of aryl methyl sites for hydroxylation is 1. The number of benzene rings is 1. The first-order valence-corrected chi connectivity index (χ1v) is 4.92. The van der Waals surface area contributed by atoms with Gasteiger partial charge in [-0.05, 0) is 42.5 Å². The molecule has 0 radical (unpaired) electrons. The molecule has 0 saturated carbocycles. The lowest BCUT2D eigenvalue weighted by Gasteiger charge is -2.21. The Hall–Kier alpha value is -1.16. The number of alkyl halides is 2. The van der Waals surface area contributed by atoms with Gasteiger partial charge in [0, 0.05) is 0 Å². The first-order valence-electron chi connectivity index (χ1n) is 4.92. The van der Waals surface area contributed by atoms with E-state index in [1.54, 1.807) is 12.1 Å². The normalized spacial score (nSPS) is 20.1. The van der Waals surface area contributed by atoms with Gasteiger partial charge >= 0.3 is 6.61 Å². The maximum absolute atomic E-state index is 12.0. The molecule has 1 aliphatic carbocycles. The van der Waals surface area contributed by atoms with E-state index in [0.29, 0.717) is 0 Å². The van der Waals surface area contributed by atoms with Crippen molar-refractivity contribution in [3.8, 4) is 5.75 Å². The summed E-state index contributed by atoms with van der Waals surface area (Å²) in [7, 11) is 0. The van der Waals surface area contributed by atoms with E-state index in [0.717, 1.165) is 30.4 Å². The summed E-state index contributed by atoms with van der Waals surface area (Å²) in [6, 6.07) is 4.72. The Bertz CT molecular complexity index is 352. The predicted molar refractivity (Wildman–Crippen MR) is 51.0 cm³/mol. The molecule has 1 atom stereocenters. The number of hydrogen-bond acceptors (Lipinski definition) is 2. The molecular weight excluding hydrogens is 202 g/mol. The van der Waals surface area contributed by atoms with Gasteiger partial charge in [0.2, 0.25) is 0 Å². The van der Waals surface area contributed by atoms with Crippen molar-refractivity contribution in [2.75, 3.05) is 0 Å². The molecule has 2 rings (SSSR count). The van der Waals surface area contributed by atoms with Crippen LogP contribution in [-0.2, 0) is 6.42 Å². The smallest absolute Gasteiger partial charge is 0.387 e. The van der Waals surface area contributed by atoms with Gasteiger partial charge in [-0.25, -0.2) is 0 Å². The van der Waals surface area contributed by atoms with Crippen LogP contribution in [0.4, 0.5) is 8.78 Å². The summed E-state index contributed by atoms with van der Waals surface area (Å²) in [6.07, 6.45) is 1.97. The lowest BCUT2D eigenvalue weighted by atomic mass is 9.89. The van der Waals surface area contributed by atoms with Crippen LogP contribution in [0, 0.1) is 0 Å². The van der Waals surface area contributed by atoms with E-state index in [4.69, 9.17) is 0 Å². The van der Waals surface area contributed by atoms with Crippen LogP contribution >= 0.6 is 0 Å². The van der Waals surface area contributed by atoms with Crippen molar-refractivity contribution in [3.05, 3.63) is 29.3 Å². The van der Waals surface area contributed by atoms with Crippen molar-refractivity contribution >= 4 is 0 Å². The van der Waals surface area contributed by atoms with Crippen LogP contribution in [0.25, 0.3) is 0 Å². The van der Waals surface area contributed by atoms with Crippen molar-refractivity contribution in [3.63, 3.8) is 0 Å². The number of ether oxygens (including phenoxy) is 1. The van der Waals surface area contributed by atoms with Crippen LogP contribution in [0.5, 0.6) is 5.75 Å². The maximum atomic E-state index is 12.0. The van der Waals surface area contributed by atoms with Crippen LogP contribution in [0.3, 0.4) is 0 Å². The van der Waals surface area contributed by atoms with Gasteiger partial charge in [-0.1, -0.05) is 6.07 Å². The number of rotatable bonds is 2. The fourth-order valence-electron chi connectivity index (χ4n) is 1.94. The van der Waals surface area contributed by atoms with Gasteiger partial charge in [0.15, 0.2) is 0 Å². The zero-order chi connectivity index (χ0) is 10.8. The van der Waals surface area contributed by atoms with Gasteiger partial charge in [-0.2, -0.15) is 8.78 Å². The van der Waals surface area contributed by atoms with Crippen LogP contribution in [0.15, 0.2) is 18.2 Å². The maximum Gasteiger partial charge on any atom is 0.387 e. The second-order valence-corrected chi connectivity index (χ2v) is 3.65. The Labute approximate surface area is 86.5 Å². The van der Waals surface area contributed by atoms with Crippen molar-refractivity contribution in [2.45, 2.75) is 32.0 Å². The van der Waals surface area contributed by atoms with E-state index in [1.165, 1.54) is 6.07 Å². The molecule has 1 aromatic carbocycles. The molecule has 15 heavy (non-hydrogen) atoms. The second-order valence-electron chi connectivity index (χ2n) is 3.65. The highest BCUT2D eigenvalue weighted by molar-refractivity contribution is 5.38. The summed E-state index contributed by atoms with van der Waals surface area (Å²) in [4.78, 5) is 0. The van der Waals surface area contributed by atoms with Gasteiger partial charge < -0.3 is 9.84 Å². The van der Waals surface area contributed by atoms with E-state index < -0.39 is 12.7 Å². The molecule has 0 aliphatic heterocycles. The lowest BCUT2D eigenvalue weighted by molar-refractivity contribution is -0.0499. The predicted octanol–water partition coefficient (Wildman–Crippen LogP) is 2.66. The molecule has 0 spiro atoms. The molecule has 4 heteroatoms. The molecule has 0 bridgehead atoms. The third-order valence-corrected chi connectivity index (χ3v) is 2.62. The summed E-state index contributed by atoms with van der Waals surface area (Å²) in [6.45, 7) is -2.79. The summed E-state index contributed by atoms with van der Waals surface area (Å²) >= 11 is 0. The minimum Gasteiger partial charge on any atom is -0.435 e. The number of halogens is 2. The highest BCUT2D eigenvalue weighted by Crippen LogP contribution is 2.32. The van der Waals surface area contributed by atoms with E-state index in [9.17, 15) is 13.9 Å².